The van der Waals surface area contributed by atoms with Gasteiger partial charge in [-0.25, -0.2) is 0 Å². The van der Waals surface area contributed by atoms with Crippen LogP contribution in [0.1, 0.15) is 0 Å². The van der Waals surface area contributed by atoms with Crippen LogP contribution in [-0.2, 0) is 108 Å². The molecule has 0 fully saturated rings. The first kappa shape index (κ1) is 214. The van der Waals surface area contributed by atoms with E-state index in [1.807, 2.05) is 0 Å². The number of rotatable bonds is 0. The Morgan fingerprint density at radius 3 is 0.333 bits per heavy atom. The zero-order valence-corrected chi connectivity index (χ0v) is 9.85. The largest absolute Gasteiger partial charge is 5.00 e. The van der Waals surface area contributed by atoms with E-state index in [-0.39, 0.29) is 108 Å². The summed E-state index contributed by atoms with van der Waals surface area (Å²) in [5.74, 6) is 0. The third-order valence-electron chi connectivity index (χ3n) is 0. The first-order valence-electron chi connectivity index (χ1n) is 0. The second kappa shape index (κ2) is 160. The Labute approximate surface area is 107 Å². The molecular weight excluding hydrogens is 278 g/mol. The van der Waals surface area contributed by atoms with Crippen LogP contribution in [0.25, 0.3) is 0 Å². The van der Waals surface area contributed by atoms with Crippen LogP contribution >= 0.6 is 0 Å². The van der Waals surface area contributed by atoms with Gasteiger partial charge in [0.2, 0.25) is 0 Å². The van der Waals surface area contributed by atoms with Crippen molar-refractivity contribution >= 4 is 0 Å². The van der Waals surface area contributed by atoms with Crippen LogP contribution in [0.15, 0.2) is 0 Å². The van der Waals surface area contributed by atoms with E-state index in [1.165, 1.54) is 0 Å². The summed E-state index contributed by atoms with van der Waals surface area (Å²) in [6, 6.07) is 0. The zero-order chi connectivity index (χ0) is 0. The van der Waals surface area contributed by atoms with Gasteiger partial charge in [0, 0.05) is 43.4 Å². The van der Waals surface area contributed by atoms with Crippen LogP contribution in [0.5, 0.6) is 0 Å². The normalized spacial score (nSPS) is 0. The standard InChI is InChI=1S/5O.2Ti.2V/q5*-2;;;2*+5. The molecule has 0 unspecified atom stereocenters. The molecule has 9 heavy (non-hydrogen) atoms. The SMILES string of the molecule is [O-2].[O-2].[O-2].[O-2].[O-2].[Ti].[Ti].[V+5].[V+5]. The van der Waals surface area contributed by atoms with Gasteiger partial charge in [0.05, 0.1) is 0 Å². The van der Waals surface area contributed by atoms with Crippen molar-refractivity contribution in [3.05, 3.63) is 0 Å². The van der Waals surface area contributed by atoms with E-state index in [9.17, 15) is 0 Å². The fraction of sp³-hybridized carbons (Fsp3) is 0. The van der Waals surface area contributed by atoms with Gasteiger partial charge in [-0.1, -0.05) is 0 Å². The van der Waals surface area contributed by atoms with Crippen molar-refractivity contribution in [2.45, 2.75) is 0 Å². The summed E-state index contributed by atoms with van der Waals surface area (Å²) in [5, 5.41) is 0. The predicted octanol–water partition coefficient (Wildman–Crippen LogP) is -0.604. The van der Waals surface area contributed by atoms with E-state index in [2.05, 4.69) is 0 Å². The number of hydrogen-bond acceptors (Lipinski definition) is 0. The van der Waals surface area contributed by atoms with E-state index < -0.39 is 0 Å². The molecule has 0 amide bonds. The molecule has 0 saturated carbocycles. The Balaban J connectivity index is 0. The first-order chi connectivity index (χ1) is 0. The topological polar surface area (TPSA) is 142 Å². The van der Waals surface area contributed by atoms with Gasteiger partial charge < -0.3 is 27.4 Å². The van der Waals surface area contributed by atoms with E-state index in [1.54, 1.807) is 0 Å². The van der Waals surface area contributed by atoms with Crippen LogP contribution < -0.4 is 0 Å². The number of hydrogen-bond donors (Lipinski definition) is 0. The summed E-state index contributed by atoms with van der Waals surface area (Å²) in [6.45, 7) is 0. The zero-order valence-electron chi connectivity index (χ0n) is 3.94. The minimum absolute atomic E-state index is 0. The second-order valence-corrected chi connectivity index (χ2v) is 0. The average molecular weight is 278 g/mol. The summed E-state index contributed by atoms with van der Waals surface area (Å²) in [5.41, 5.74) is 0. The molecule has 0 aromatic heterocycles. The van der Waals surface area contributed by atoms with Gasteiger partial charge >= 0.3 is 37.1 Å². The molecule has 0 aliphatic rings. The summed E-state index contributed by atoms with van der Waals surface area (Å²) >= 11 is 0. The Hall–Kier alpha value is 2.40. The Morgan fingerprint density at radius 2 is 0.333 bits per heavy atom. The maximum atomic E-state index is 0. The Morgan fingerprint density at radius 1 is 0.333 bits per heavy atom. The molecular formula is O5Ti2V2. The predicted molar refractivity (Wildman–Crippen MR) is 3.43 cm³/mol. The maximum Gasteiger partial charge on any atom is 5.00 e. The van der Waals surface area contributed by atoms with Gasteiger partial charge in [0.1, 0.15) is 0 Å². The summed E-state index contributed by atoms with van der Waals surface area (Å²) in [4.78, 5) is 0. The van der Waals surface area contributed by atoms with Crippen LogP contribution in [-0.4, -0.2) is 0 Å². The quantitative estimate of drug-likeness (QED) is 0.521. The van der Waals surface area contributed by atoms with Gasteiger partial charge in [-0.15, -0.1) is 0 Å². The molecule has 0 rings (SSSR count). The first-order valence-corrected chi connectivity index (χ1v) is 0. The third-order valence-corrected chi connectivity index (χ3v) is 0. The fourth-order valence-electron chi connectivity index (χ4n) is 0. The minimum Gasteiger partial charge on any atom is -2.00 e. The molecule has 0 aliphatic heterocycles. The van der Waals surface area contributed by atoms with Gasteiger partial charge in [-0.2, -0.15) is 0 Å². The van der Waals surface area contributed by atoms with Crippen molar-refractivity contribution in [3.63, 3.8) is 0 Å². The Bertz CT molecular complexity index is 12.9. The van der Waals surface area contributed by atoms with E-state index in [0.717, 1.165) is 0 Å². The molecule has 0 radical (unpaired) electrons. The molecule has 0 bridgehead atoms. The molecule has 0 aromatic carbocycles. The van der Waals surface area contributed by atoms with Crippen molar-refractivity contribution in [3.8, 4) is 0 Å². The summed E-state index contributed by atoms with van der Waals surface area (Å²) in [7, 11) is 0. The maximum absolute atomic E-state index is 0. The van der Waals surface area contributed by atoms with Crippen LogP contribution in [0.4, 0.5) is 0 Å². The van der Waals surface area contributed by atoms with Crippen molar-refractivity contribution in [2.75, 3.05) is 0 Å². The summed E-state index contributed by atoms with van der Waals surface area (Å²) < 4.78 is 0. The monoisotopic (exact) mass is 278 g/mol. The molecule has 0 atom stereocenters. The molecule has 5 nitrogen and oxygen atoms in total. The molecule has 0 heterocycles. The van der Waals surface area contributed by atoms with Crippen molar-refractivity contribution in [1.29, 1.82) is 0 Å². The average Bonchev–Trinajstić information content (AvgIpc) is 0. The molecule has 0 aliphatic carbocycles. The van der Waals surface area contributed by atoms with Crippen molar-refractivity contribution in [2.24, 2.45) is 0 Å². The molecule has 9 heteroatoms. The molecule has 0 saturated heterocycles. The van der Waals surface area contributed by atoms with E-state index in [0.29, 0.717) is 0 Å². The smallest absolute Gasteiger partial charge is 2.00 e. The minimum atomic E-state index is 0. The Kier molecular flexibility index (Phi) is 3810. The van der Waals surface area contributed by atoms with Gasteiger partial charge in [-0.3, -0.25) is 0 Å². The van der Waals surface area contributed by atoms with Gasteiger partial charge in [-0.05, 0) is 0 Å². The molecule has 0 spiro atoms. The third kappa shape index (κ3) is 128. The second-order valence-electron chi connectivity index (χ2n) is 0. The van der Waals surface area contributed by atoms with E-state index in [4.69, 9.17) is 0 Å². The van der Waals surface area contributed by atoms with Crippen LogP contribution in [0, 0.1) is 0 Å². The molecule has 0 aromatic rings. The van der Waals surface area contributed by atoms with Crippen LogP contribution in [0.2, 0.25) is 0 Å². The molecule has 0 N–H and O–H groups in total. The summed E-state index contributed by atoms with van der Waals surface area (Å²) in [6.07, 6.45) is 0. The fourth-order valence-corrected chi connectivity index (χ4v) is 0. The van der Waals surface area contributed by atoms with E-state index >= 15 is 0 Å². The molecule has 48 valence electrons. The van der Waals surface area contributed by atoms with Gasteiger partial charge in [0.15, 0.2) is 0 Å². The van der Waals surface area contributed by atoms with Crippen molar-refractivity contribution < 1.29 is 108 Å². The van der Waals surface area contributed by atoms with Gasteiger partial charge in [0.25, 0.3) is 0 Å². The van der Waals surface area contributed by atoms with Crippen molar-refractivity contribution in [1.82, 2.24) is 0 Å². The van der Waals surface area contributed by atoms with Crippen LogP contribution in [0.3, 0.4) is 0 Å².